The molecule has 2 aromatic carbocycles. The SMILES string of the molecule is Cc1c(C)c(C)[c-](C)c1C.Cc1c(C)c(C)[c-](C)c1C.O=S(=O)(O)C(F)(F)F.O=S(=O)(O)C(F)(F)F.[Ti+2]. The van der Waals surface area contributed by atoms with E-state index in [2.05, 4.69) is 69.2 Å². The van der Waals surface area contributed by atoms with Crippen LogP contribution in [-0.4, -0.2) is 37.0 Å². The average molecular weight is 618 g/mol. The van der Waals surface area contributed by atoms with E-state index in [9.17, 15) is 26.3 Å². The van der Waals surface area contributed by atoms with Gasteiger partial charge in [-0.15, -0.1) is 0 Å². The van der Waals surface area contributed by atoms with E-state index in [0.717, 1.165) is 0 Å². The monoisotopic (exact) mass is 618 g/mol. The summed E-state index contributed by atoms with van der Waals surface area (Å²) in [5.41, 5.74) is 3.61. The molecule has 0 aliphatic heterocycles. The van der Waals surface area contributed by atoms with Gasteiger partial charge in [-0.25, -0.2) is 0 Å². The Labute approximate surface area is 229 Å². The number of alkyl halides is 6. The first-order valence-electron chi connectivity index (χ1n) is 10.1. The largest absolute Gasteiger partial charge is 2.00 e. The minimum absolute atomic E-state index is 0. The summed E-state index contributed by atoms with van der Waals surface area (Å²) in [6, 6.07) is 0. The van der Waals surface area contributed by atoms with Crippen LogP contribution in [0.15, 0.2) is 0 Å². The molecule has 2 N–H and O–H groups in total. The zero-order valence-corrected chi connectivity index (χ0v) is 25.3. The first-order chi connectivity index (χ1) is 15.6. The van der Waals surface area contributed by atoms with Gasteiger partial charge in [0.1, 0.15) is 0 Å². The first kappa shape index (κ1) is 40.3. The molecule has 0 aliphatic carbocycles. The van der Waals surface area contributed by atoms with Crippen molar-refractivity contribution in [3.8, 4) is 0 Å². The van der Waals surface area contributed by atoms with Crippen molar-refractivity contribution in [1.29, 1.82) is 0 Å². The second-order valence-electron chi connectivity index (χ2n) is 8.09. The predicted octanol–water partition coefficient (Wildman–Crippen LogP) is 6.68. The molecule has 2 aromatic rings. The van der Waals surface area contributed by atoms with Gasteiger partial charge in [-0.2, -0.15) is 98.8 Å². The maximum atomic E-state index is 10.7. The van der Waals surface area contributed by atoms with E-state index in [1.165, 1.54) is 55.6 Å². The Morgan fingerprint density at radius 2 is 0.622 bits per heavy atom. The number of hydrogen-bond acceptors (Lipinski definition) is 4. The second kappa shape index (κ2) is 14.3. The van der Waals surface area contributed by atoms with Gasteiger partial charge < -0.3 is 0 Å². The van der Waals surface area contributed by atoms with E-state index in [0.29, 0.717) is 0 Å². The summed E-state index contributed by atoms with van der Waals surface area (Å²) in [5, 5.41) is 0. The van der Waals surface area contributed by atoms with Crippen molar-refractivity contribution in [2.24, 2.45) is 0 Å². The summed E-state index contributed by atoms with van der Waals surface area (Å²) >= 11 is 0. The van der Waals surface area contributed by atoms with Crippen LogP contribution in [-0.2, 0) is 42.0 Å². The van der Waals surface area contributed by atoms with Crippen LogP contribution in [0.3, 0.4) is 0 Å². The van der Waals surface area contributed by atoms with Gasteiger partial charge in [-0.05, 0) is 0 Å². The van der Waals surface area contributed by atoms with Crippen LogP contribution < -0.4 is 0 Å². The third kappa shape index (κ3) is 11.6. The third-order valence-electron chi connectivity index (χ3n) is 6.21. The smallest absolute Gasteiger partial charge is 0.279 e. The molecular weight excluding hydrogens is 586 g/mol. The van der Waals surface area contributed by atoms with E-state index in [-0.39, 0.29) is 21.7 Å². The molecular formula is C22H32F6O6S2Ti. The first-order valence-corrected chi connectivity index (χ1v) is 13.0. The Morgan fingerprint density at radius 3 is 0.649 bits per heavy atom. The summed E-state index contributed by atoms with van der Waals surface area (Å²) in [6.45, 7) is 22.0. The summed E-state index contributed by atoms with van der Waals surface area (Å²) in [7, 11) is -11.7. The molecule has 0 spiro atoms. The Kier molecular flexibility index (Phi) is 15.5. The summed E-state index contributed by atoms with van der Waals surface area (Å²) < 4.78 is 115. The van der Waals surface area contributed by atoms with Crippen LogP contribution in [0.1, 0.15) is 55.6 Å². The van der Waals surface area contributed by atoms with E-state index in [4.69, 9.17) is 25.9 Å². The molecule has 214 valence electrons. The quantitative estimate of drug-likeness (QED) is 0.112. The van der Waals surface area contributed by atoms with Crippen molar-refractivity contribution in [1.82, 2.24) is 0 Å². The molecule has 15 heteroatoms. The van der Waals surface area contributed by atoms with E-state index in [1.807, 2.05) is 0 Å². The van der Waals surface area contributed by atoms with Gasteiger partial charge in [0, 0.05) is 0 Å². The standard InChI is InChI=1S/2C10H15.2CHF3O3S.Ti/c2*1-6-7(2)9(4)10(5)8(6)3;2*2-1(3,4)8(5,6)7;/h2*1-5H3;2*(H,5,6,7);/q2*-1;;;+2. The molecule has 0 saturated heterocycles. The van der Waals surface area contributed by atoms with Crippen LogP contribution in [0.4, 0.5) is 26.3 Å². The van der Waals surface area contributed by atoms with Crippen LogP contribution in [0.25, 0.3) is 0 Å². The Bertz CT molecular complexity index is 994. The zero-order chi connectivity index (χ0) is 29.8. The summed E-state index contributed by atoms with van der Waals surface area (Å²) in [5.74, 6) is 0. The molecule has 0 heterocycles. The molecule has 0 amide bonds. The van der Waals surface area contributed by atoms with E-state index < -0.39 is 31.3 Å². The van der Waals surface area contributed by atoms with Crippen molar-refractivity contribution in [3.63, 3.8) is 0 Å². The van der Waals surface area contributed by atoms with Crippen molar-refractivity contribution >= 4 is 20.2 Å². The van der Waals surface area contributed by atoms with Crippen LogP contribution in [0.5, 0.6) is 0 Å². The predicted molar refractivity (Wildman–Crippen MR) is 127 cm³/mol. The van der Waals surface area contributed by atoms with Crippen LogP contribution in [0, 0.1) is 69.2 Å². The minimum Gasteiger partial charge on any atom is -0.279 e. The van der Waals surface area contributed by atoms with E-state index >= 15 is 0 Å². The van der Waals surface area contributed by atoms with Crippen molar-refractivity contribution in [3.05, 3.63) is 55.6 Å². The summed E-state index contributed by atoms with van der Waals surface area (Å²) in [4.78, 5) is 0. The molecule has 0 radical (unpaired) electrons. The molecule has 0 atom stereocenters. The second-order valence-corrected chi connectivity index (χ2v) is 10.9. The Balaban J connectivity index is -0.000000416. The van der Waals surface area contributed by atoms with Gasteiger partial charge in [0.25, 0.3) is 0 Å². The molecule has 0 aliphatic rings. The molecule has 6 nitrogen and oxygen atoms in total. The van der Waals surface area contributed by atoms with Gasteiger partial charge in [0.15, 0.2) is 0 Å². The number of hydrogen-bond donors (Lipinski definition) is 2. The number of halogens is 6. The van der Waals surface area contributed by atoms with Crippen LogP contribution in [0.2, 0.25) is 0 Å². The average Bonchev–Trinajstić information content (AvgIpc) is 2.96. The van der Waals surface area contributed by atoms with Crippen molar-refractivity contribution in [2.45, 2.75) is 80.3 Å². The van der Waals surface area contributed by atoms with E-state index in [1.54, 1.807) is 0 Å². The maximum absolute atomic E-state index is 10.7. The zero-order valence-electron chi connectivity index (χ0n) is 22.1. The normalized spacial score (nSPS) is 11.7. The number of rotatable bonds is 0. The topological polar surface area (TPSA) is 109 Å². The fourth-order valence-electron chi connectivity index (χ4n) is 2.81. The van der Waals surface area contributed by atoms with Crippen LogP contribution >= 0.6 is 0 Å². The maximum Gasteiger partial charge on any atom is 2.00 e. The fourth-order valence-corrected chi connectivity index (χ4v) is 2.81. The molecule has 0 aromatic heterocycles. The Hall–Kier alpha value is -1.19. The molecule has 2 rings (SSSR count). The molecule has 0 fully saturated rings. The fraction of sp³-hybridized carbons (Fsp3) is 0.545. The molecule has 37 heavy (non-hydrogen) atoms. The van der Waals surface area contributed by atoms with Crippen molar-refractivity contribution in [2.75, 3.05) is 0 Å². The molecule has 0 saturated carbocycles. The molecule has 0 bridgehead atoms. The minimum atomic E-state index is -5.84. The summed E-state index contributed by atoms with van der Waals surface area (Å²) in [6.07, 6.45) is 0. The van der Waals surface area contributed by atoms with Gasteiger partial charge in [0.2, 0.25) is 0 Å². The van der Waals surface area contributed by atoms with Gasteiger partial charge in [-0.3, -0.25) is 9.11 Å². The molecule has 0 unspecified atom stereocenters. The van der Waals surface area contributed by atoms with Gasteiger partial charge in [0.05, 0.1) is 0 Å². The third-order valence-corrected chi connectivity index (χ3v) is 7.38. The van der Waals surface area contributed by atoms with Gasteiger partial charge in [-0.1, -0.05) is 69.2 Å². The van der Waals surface area contributed by atoms with Crippen molar-refractivity contribution < 1.29 is 74.0 Å². The Morgan fingerprint density at radius 1 is 0.514 bits per heavy atom. The van der Waals surface area contributed by atoms with Gasteiger partial charge >= 0.3 is 53.0 Å².